The first-order valence-corrected chi connectivity index (χ1v) is 8.70. The standard InChI is InChI=1S/C18H24N4O2S/c1-13-8-10-15(11-9-13)18(2,3)20-17(25)21-19-12-14-6-4-5-7-16(14)22(23)24/h4-8,12,15H,9-11H2,1-3H3,(H2,20,21,25)/b19-12+/t15-/m0/s1. The van der Waals surface area contributed by atoms with E-state index in [1.165, 1.54) is 17.9 Å². The molecule has 134 valence electrons. The molecule has 0 saturated carbocycles. The first-order valence-electron chi connectivity index (χ1n) is 8.30. The third-order valence-corrected chi connectivity index (χ3v) is 4.79. The lowest BCUT2D eigenvalue weighted by molar-refractivity contribution is -0.385. The van der Waals surface area contributed by atoms with Crippen molar-refractivity contribution in [3.05, 3.63) is 51.6 Å². The highest BCUT2D eigenvalue weighted by molar-refractivity contribution is 7.80. The lowest BCUT2D eigenvalue weighted by Crippen LogP contribution is -2.52. The van der Waals surface area contributed by atoms with Crippen LogP contribution in [0.3, 0.4) is 0 Å². The first-order chi connectivity index (χ1) is 11.8. The van der Waals surface area contributed by atoms with Crippen molar-refractivity contribution in [3.63, 3.8) is 0 Å². The minimum absolute atomic E-state index is 0.0108. The number of benzene rings is 1. The quantitative estimate of drug-likeness (QED) is 0.273. The van der Waals surface area contributed by atoms with Crippen molar-refractivity contribution < 1.29 is 4.92 Å². The molecule has 0 heterocycles. The van der Waals surface area contributed by atoms with E-state index in [1.54, 1.807) is 18.2 Å². The van der Waals surface area contributed by atoms with Crippen molar-refractivity contribution in [3.8, 4) is 0 Å². The predicted molar refractivity (Wildman–Crippen MR) is 105 cm³/mol. The Labute approximate surface area is 153 Å². The van der Waals surface area contributed by atoms with E-state index in [0.717, 1.165) is 19.3 Å². The molecule has 0 amide bonds. The molecule has 1 aromatic carbocycles. The van der Waals surface area contributed by atoms with Crippen molar-refractivity contribution in [2.45, 2.75) is 45.6 Å². The number of nitro benzene ring substituents is 1. The van der Waals surface area contributed by atoms with Gasteiger partial charge < -0.3 is 5.32 Å². The van der Waals surface area contributed by atoms with Crippen LogP contribution in [-0.4, -0.2) is 21.8 Å². The van der Waals surface area contributed by atoms with Gasteiger partial charge in [-0.05, 0) is 64.2 Å². The Morgan fingerprint density at radius 1 is 1.44 bits per heavy atom. The van der Waals surface area contributed by atoms with Gasteiger partial charge in [0.15, 0.2) is 5.11 Å². The molecule has 0 bridgehead atoms. The molecule has 6 nitrogen and oxygen atoms in total. The van der Waals surface area contributed by atoms with E-state index in [1.807, 2.05) is 0 Å². The fourth-order valence-corrected chi connectivity index (χ4v) is 3.28. The Balaban J connectivity index is 1.93. The fraction of sp³-hybridized carbons (Fsp3) is 0.444. The summed E-state index contributed by atoms with van der Waals surface area (Å²) >= 11 is 5.31. The lowest BCUT2D eigenvalue weighted by Gasteiger charge is -2.37. The molecule has 1 aliphatic carbocycles. The van der Waals surface area contributed by atoms with Crippen molar-refractivity contribution >= 4 is 29.2 Å². The van der Waals surface area contributed by atoms with Crippen molar-refractivity contribution in [1.29, 1.82) is 0 Å². The molecule has 0 spiro atoms. The third kappa shape index (κ3) is 5.35. The zero-order valence-electron chi connectivity index (χ0n) is 14.8. The maximum absolute atomic E-state index is 11.0. The number of nitro groups is 1. The number of nitrogens with one attached hydrogen (secondary N) is 2. The van der Waals surface area contributed by atoms with E-state index in [0.29, 0.717) is 16.6 Å². The molecule has 25 heavy (non-hydrogen) atoms. The van der Waals surface area contributed by atoms with E-state index in [4.69, 9.17) is 12.2 Å². The highest BCUT2D eigenvalue weighted by Crippen LogP contribution is 2.31. The molecule has 0 unspecified atom stereocenters. The maximum atomic E-state index is 11.0. The Kier molecular flexibility index (Phi) is 6.25. The summed E-state index contributed by atoms with van der Waals surface area (Å²) in [7, 11) is 0. The Morgan fingerprint density at radius 3 is 2.80 bits per heavy atom. The average molecular weight is 360 g/mol. The minimum Gasteiger partial charge on any atom is -0.356 e. The molecule has 0 fully saturated rings. The summed E-state index contributed by atoms with van der Waals surface area (Å²) in [5.74, 6) is 0.496. The van der Waals surface area contributed by atoms with Gasteiger partial charge in [0, 0.05) is 11.6 Å². The second-order valence-electron chi connectivity index (χ2n) is 6.88. The van der Waals surface area contributed by atoms with Crippen LogP contribution in [0, 0.1) is 16.0 Å². The number of allylic oxidation sites excluding steroid dienone is 2. The number of rotatable bonds is 5. The Morgan fingerprint density at radius 2 is 2.16 bits per heavy atom. The normalized spacial score (nSPS) is 17.9. The van der Waals surface area contributed by atoms with Gasteiger partial charge >= 0.3 is 0 Å². The van der Waals surface area contributed by atoms with Crippen LogP contribution in [-0.2, 0) is 0 Å². The van der Waals surface area contributed by atoms with Gasteiger partial charge in [-0.3, -0.25) is 15.5 Å². The molecule has 1 atom stereocenters. The number of nitrogens with zero attached hydrogens (tertiary/aromatic N) is 2. The summed E-state index contributed by atoms with van der Waals surface area (Å²) in [6.45, 7) is 6.43. The molecule has 1 aliphatic rings. The van der Waals surface area contributed by atoms with Crippen LogP contribution < -0.4 is 10.7 Å². The maximum Gasteiger partial charge on any atom is 0.278 e. The number of para-hydroxylation sites is 1. The molecule has 1 aromatic rings. The van der Waals surface area contributed by atoms with Gasteiger partial charge in [-0.2, -0.15) is 5.10 Å². The molecule has 0 saturated heterocycles. The van der Waals surface area contributed by atoms with Crippen LogP contribution in [0.25, 0.3) is 0 Å². The van der Waals surface area contributed by atoms with Crippen LogP contribution in [0.5, 0.6) is 0 Å². The molecule has 2 rings (SSSR count). The first kappa shape index (κ1) is 19.1. The van der Waals surface area contributed by atoms with Gasteiger partial charge in [0.25, 0.3) is 5.69 Å². The highest BCUT2D eigenvalue weighted by atomic mass is 32.1. The summed E-state index contributed by atoms with van der Waals surface area (Å²) in [6, 6.07) is 6.44. The summed E-state index contributed by atoms with van der Waals surface area (Å²) in [5, 5.41) is 18.7. The van der Waals surface area contributed by atoms with Gasteiger partial charge in [-0.1, -0.05) is 23.8 Å². The number of hydrogen-bond acceptors (Lipinski definition) is 4. The van der Waals surface area contributed by atoms with Crippen LogP contribution >= 0.6 is 12.2 Å². The number of hydrazone groups is 1. The zero-order valence-corrected chi connectivity index (χ0v) is 15.6. The largest absolute Gasteiger partial charge is 0.356 e. The van der Waals surface area contributed by atoms with E-state index in [9.17, 15) is 10.1 Å². The predicted octanol–water partition coefficient (Wildman–Crippen LogP) is 3.92. The van der Waals surface area contributed by atoms with Gasteiger partial charge in [0.1, 0.15) is 0 Å². The topological polar surface area (TPSA) is 79.6 Å². The van der Waals surface area contributed by atoms with Gasteiger partial charge in [-0.25, -0.2) is 0 Å². The van der Waals surface area contributed by atoms with Crippen LogP contribution in [0.1, 0.15) is 45.6 Å². The van der Waals surface area contributed by atoms with Gasteiger partial charge in [-0.15, -0.1) is 0 Å². The van der Waals surface area contributed by atoms with Crippen molar-refractivity contribution in [2.75, 3.05) is 0 Å². The molecule has 0 aromatic heterocycles. The van der Waals surface area contributed by atoms with E-state index in [-0.39, 0.29) is 11.2 Å². The second-order valence-corrected chi connectivity index (χ2v) is 7.29. The minimum atomic E-state index is -0.431. The Bertz CT molecular complexity index is 713. The van der Waals surface area contributed by atoms with Gasteiger partial charge in [0.2, 0.25) is 0 Å². The molecular weight excluding hydrogens is 336 g/mol. The van der Waals surface area contributed by atoms with E-state index in [2.05, 4.69) is 42.7 Å². The second kappa shape index (κ2) is 8.20. The fourth-order valence-electron chi connectivity index (χ4n) is 2.97. The average Bonchev–Trinajstić information content (AvgIpc) is 2.55. The summed E-state index contributed by atoms with van der Waals surface area (Å²) in [6.07, 6.45) is 6.98. The molecule has 7 heteroatoms. The van der Waals surface area contributed by atoms with Crippen LogP contribution in [0.4, 0.5) is 5.69 Å². The molecule has 0 aliphatic heterocycles. The zero-order chi connectivity index (χ0) is 18.4. The summed E-state index contributed by atoms with van der Waals surface area (Å²) < 4.78 is 0. The number of hydrogen-bond donors (Lipinski definition) is 2. The van der Waals surface area contributed by atoms with E-state index < -0.39 is 4.92 Å². The molecule has 0 radical (unpaired) electrons. The van der Waals surface area contributed by atoms with Crippen LogP contribution in [0.15, 0.2) is 41.0 Å². The van der Waals surface area contributed by atoms with Crippen molar-refractivity contribution in [2.24, 2.45) is 11.0 Å². The summed E-state index contributed by atoms with van der Waals surface area (Å²) in [5.41, 5.74) is 4.48. The molecular formula is C18H24N4O2S. The smallest absolute Gasteiger partial charge is 0.278 e. The van der Waals surface area contributed by atoms with E-state index >= 15 is 0 Å². The van der Waals surface area contributed by atoms with Crippen LogP contribution in [0.2, 0.25) is 0 Å². The number of thiocarbonyl (C=S) groups is 1. The summed E-state index contributed by atoms with van der Waals surface area (Å²) in [4.78, 5) is 10.6. The lowest BCUT2D eigenvalue weighted by atomic mass is 9.77. The monoisotopic (exact) mass is 360 g/mol. The van der Waals surface area contributed by atoms with Gasteiger partial charge in [0.05, 0.1) is 16.7 Å². The third-order valence-electron chi connectivity index (χ3n) is 4.60. The molecule has 2 N–H and O–H groups in total. The SMILES string of the molecule is CC1=CC[C@H](C(C)(C)NC(=S)N/N=C/c2ccccc2[N+](=O)[O-])CC1. The van der Waals surface area contributed by atoms with Crippen molar-refractivity contribution in [1.82, 2.24) is 10.7 Å². The highest BCUT2D eigenvalue weighted by Gasteiger charge is 2.30. The Hall–Kier alpha value is -2.28.